The first-order valence-corrected chi connectivity index (χ1v) is 14.4. The Hall–Kier alpha value is -4.37. The molecule has 3 rings (SSSR count). The Kier molecular flexibility index (Phi) is 10.9. The van der Waals surface area contributed by atoms with Crippen molar-refractivity contribution in [1.29, 1.82) is 0 Å². The van der Waals surface area contributed by atoms with Gasteiger partial charge in [-0.25, -0.2) is 9.59 Å². The highest BCUT2D eigenvalue weighted by Crippen LogP contribution is 2.29. The fourth-order valence-electron chi connectivity index (χ4n) is 4.98. The number of anilines is 2. The summed E-state index contributed by atoms with van der Waals surface area (Å²) in [7, 11) is 1.58. The largest absolute Gasteiger partial charge is 0.497 e. The SMILES string of the molecule is CCCc1cc(C)c(NC(=O)Nc2cc(-c3ccc(OC)cc3)ccc2C(=O)N[C@H](C(=O)O)[C@@H](C)OC(C)(C)C)c(C)c1. The number of ether oxygens (including phenoxy) is 2. The summed E-state index contributed by atoms with van der Waals surface area (Å²) in [4.78, 5) is 38.9. The summed E-state index contributed by atoms with van der Waals surface area (Å²) in [5.41, 5.74) is 5.04. The maximum atomic E-state index is 13.5. The number of rotatable bonds is 11. The Labute approximate surface area is 254 Å². The lowest BCUT2D eigenvalue weighted by Gasteiger charge is -2.29. The van der Waals surface area contributed by atoms with Crippen LogP contribution >= 0.6 is 0 Å². The summed E-state index contributed by atoms with van der Waals surface area (Å²) in [6.45, 7) is 13.0. The lowest BCUT2D eigenvalue weighted by molar-refractivity contribution is -0.146. The summed E-state index contributed by atoms with van der Waals surface area (Å²) in [5.74, 6) is -1.20. The van der Waals surface area contributed by atoms with Gasteiger partial charge >= 0.3 is 12.0 Å². The topological polar surface area (TPSA) is 126 Å². The van der Waals surface area contributed by atoms with Crippen LogP contribution in [0.3, 0.4) is 0 Å². The second-order valence-electron chi connectivity index (χ2n) is 11.6. The van der Waals surface area contributed by atoms with E-state index >= 15 is 0 Å². The number of carbonyl (C=O) groups excluding carboxylic acids is 2. The number of aryl methyl sites for hydroxylation is 3. The fraction of sp³-hybridized carbons (Fsp3) is 0.382. The zero-order valence-corrected chi connectivity index (χ0v) is 26.3. The molecule has 3 aromatic rings. The Morgan fingerprint density at radius 2 is 1.51 bits per heavy atom. The molecule has 0 aliphatic rings. The van der Waals surface area contributed by atoms with Gasteiger partial charge in [0.05, 0.1) is 30.1 Å². The van der Waals surface area contributed by atoms with Crippen LogP contribution in [0.4, 0.5) is 16.2 Å². The average molecular weight is 590 g/mol. The van der Waals surface area contributed by atoms with Crippen LogP contribution in [0.15, 0.2) is 54.6 Å². The van der Waals surface area contributed by atoms with E-state index < -0.39 is 35.7 Å². The molecule has 0 fully saturated rings. The van der Waals surface area contributed by atoms with Crippen LogP contribution in [0.2, 0.25) is 0 Å². The van der Waals surface area contributed by atoms with Gasteiger partial charge in [0.25, 0.3) is 5.91 Å². The first kappa shape index (κ1) is 33.1. The summed E-state index contributed by atoms with van der Waals surface area (Å²) in [6, 6.07) is 14.6. The second-order valence-corrected chi connectivity index (χ2v) is 11.6. The van der Waals surface area contributed by atoms with Gasteiger partial charge in [-0.2, -0.15) is 0 Å². The van der Waals surface area contributed by atoms with Crippen LogP contribution in [-0.4, -0.2) is 47.9 Å². The molecule has 0 saturated carbocycles. The number of benzene rings is 3. The zero-order chi connectivity index (χ0) is 31.9. The fourth-order valence-corrected chi connectivity index (χ4v) is 4.98. The molecule has 9 heteroatoms. The Morgan fingerprint density at radius 3 is 2.05 bits per heavy atom. The van der Waals surface area contributed by atoms with Crippen LogP contribution < -0.4 is 20.7 Å². The Morgan fingerprint density at radius 1 is 0.907 bits per heavy atom. The monoisotopic (exact) mass is 589 g/mol. The molecule has 0 radical (unpaired) electrons. The van der Waals surface area contributed by atoms with Crippen molar-refractivity contribution in [2.24, 2.45) is 0 Å². The highest BCUT2D eigenvalue weighted by molar-refractivity contribution is 6.08. The van der Waals surface area contributed by atoms with Gasteiger partial charge in [0.2, 0.25) is 0 Å². The lowest BCUT2D eigenvalue weighted by Crippen LogP contribution is -2.50. The molecule has 0 unspecified atom stereocenters. The molecule has 0 saturated heterocycles. The third-order valence-electron chi connectivity index (χ3n) is 6.87. The van der Waals surface area contributed by atoms with E-state index in [-0.39, 0.29) is 11.3 Å². The van der Waals surface area contributed by atoms with Gasteiger partial charge in [0.1, 0.15) is 5.75 Å². The molecule has 4 N–H and O–H groups in total. The van der Waals surface area contributed by atoms with Crippen LogP contribution in [0, 0.1) is 13.8 Å². The normalized spacial score (nSPS) is 12.7. The number of urea groups is 1. The maximum Gasteiger partial charge on any atom is 0.328 e. The van der Waals surface area contributed by atoms with Crippen molar-refractivity contribution in [1.82, 2.24) is 5.32 Å². The quantitative estimate of drug-likeness (QED) is 0.192. The molecule has 3 aromatic carbocycles. The van der Waals surface area contributed by atoms with Crippen molar-refractivity contribution >= 4 is 29.3 Å². The van der Waals surface area contributed by atoms with E-state index in [0.29, 0.717) is 11.4 Å². The number of aliphatic carboxylic acids is 1. The summed E-state index contributed by atoms with van der Waals surface area (Å²) < 4.78 is 11.1. The molecule has 0 bridgehead atoms. The molecule has 230 valence electrons. The second kappa shape index (κ2) is 14.2. The summed E-state index contributed by atoms with van der Waals surface area (Å²) >= 11 is 0. The number of carboxylic acid groups (broad SMARTS) is 1. The van der Waals surface area contributed by atoms with Crippen molar-refractivity contribution < 1.29 is 29.0 Å². The average Bonchev–Trinajstić information content (AvgIpc) is 2.92. The number of nitrogens with one attached hydrogen (secondary N) is 3. The van der Waals surface area contributed by atoms with Gasteiger partial charge in [-0.05, 0) is 100 Å². The van der Waals surface area contributed by atoms with E-state index in [1.807, 2.05) is 58.9 Å². The summed E-state index contributed by atoms with van der Waals surface area (Å²) in [5, 5.41) is 18.2. The van der Waals surface area contributed by atoms with Crippen LogP contribution in [0.5, 0.6) is 5.75 Å². The first-order valence-electron chi connectivity index (χ1n) is 14.4. The highest BCUT2D eigenvalue weighted by atomic mass is 16.5. The molecule has 0 aromatic heterocycles. The van der Waals surface area contributed by atoms with Crippen LogP contribution in [0.25, 0.3) is 11.1 Å². The minimum atomic E-state index is -1.32. The first-order chi connectivity index (χ1) is 20.2. The molecule has 2 atom stereocenters. The molecular formula is C34H43N3O6. The van der Waals surface area contributed by atoms with Gasteiger partial charge in [-0.15, -0.1) is 0 Å². The molecule has 0 aliphatic carbocycles. The van der Waals surface area contributed by atoms with Crippen molar-refractivity contribution in [3.63, 3.8) is 0 Å². The molecule has 9 nitrogen and oxygen atoms in total. The molecular weight excluding hydrogens is 546 g/mol. The van der Waals surface area contributed by atoms with Crippen molar-refractivity contribution in [3.05, 3.63) is 76.9 Å². The number of methoxy groups -OCH3 is 1. The van der Waals surface area contributed by atoms with Gasteiger partial charge in [-0.3, -0.25) is 4.79 Å². The lowest BCUT2D eigenvalue weighted by atomic mass is 10.0. The number of carbonyl (C=O) groups is 3. The Bertz CT molecular complexity index is 1440. The standard InChI is InChI=1S/C34H43N3O6/c1-9-10-23-17-20(2)29(21(3)18-23)37-33(41)35-28-19-25(24-11-14-26(42-8)15-12-24)13-16-27(28)31(38)36-30(32(39)40)22(4)43-34(5,6)7/h11-19,22,30H,9-10H2,1-8H3,(H,36,38)(H,39,40)(H2,35,37,41)/t22-,30+/m1/s1. The summed E-state index contributed by atoms with van der Waals surface area (Å²) in [6.07, 6.45) is 1.15. The maximum absolute atomic E-state index is 13.5. The van der Waals surface area contributed by atoms with Crippen molar-refractivity contribution in [2.75, 3.05) is 17.7 Å². The molecule has 0 aliphatic heterocycles. The van der Waals surface area contributed by atoms with Gasteiger partial charge in [0.15, 0.2) is 6.04 Å². The molecule has 0 heterocycles. The molecule has 43 heavy (non-hydrogen) atoms. The van der Waals surface area contributed by atoms with E-state index in [1.54, 1.807) is 32.2 Å². The predicted octanol–water partition coefficient (Wildman–Crippen LogP) is 6.96. The zero-order valence-electron chi connectivity index (χ0n) is 26.3. The van der Waals surface area contributed by atoms with E-state index in [9.17, 15) is 19.5 Å². The molecule has 0 spiro atoms. The molecule has 3 amide bonds. The number of hydrogen-bond acceptors (Lipinski definition) is 5. The van der Waals surface area contributed by atoms with Crippen LogP contribution in [-0.2, 0) is 16.0 Å². The van der Waals surface area contributed by atoms with Crippen molar-refractivity contribution in [3.8, 4) is 16.9 Å². The van der Waals surface area contributed by atoms with Crippen LogP contribution in [0.1, 0.15) is 68.1 Å². The smallest absolute Gasteiger partial charge is 0.328 e. The predicted molar refractivity (Wildman–Crippen MR) is 170 cm³/mol. The van der Waals surface area contributed by atoms with Crippen molar-refractivity contribution in [2.45, 2.75) is 79.1 Å². The van der Waals surface area contributed by atoms with E-state index in [0.717, 1.165) is 35.1 Å². The van der Waals surface area contributed by atoms with E-state index in [4.69, 9.17) is 9.47 Å². The minimum Gasteiger partial charge on any atom is -0.497 e. The Balaban J connectivity index is 1.96. The van der Waals surface area contributed by atoms with E-state index in [2.05, 4.69) is 35.0 Å². The number of carboxylic acids is 1. The number of hydrogen-bond donors (Lipinski definition) is 4. The van der Waals surface area contributed by atoms with E-state index in [1.165, 1.54) is 5.56 Å². The highest BCUT2D eigenvalue weighted by Gasteiger charge is 2.31. The third kappa shape index (κ3) is 9.06. The number of amides is 3. The van der Waals surface area contributed by atoms with Gasteiger partial charge in [-0.1, -0.05) is 43.7 Å². The van der Waals surface area contributed by atoms with Gasteiger partial charge in [0, 0.05) is 5.69 Å². The third-order valence-corrected chi connectivity index (χ3v) is 6.87. The minimum absolute atomic E-state index is 0.105. The van der Waals surface area contributed by atoms with Gasteiger partial charge < -0.3 is 30.5 Å².